The number of fused-ring (bicyclic) bond motifs is 6. The maximum absolute atomic E-state index is 14.4. The van der Waals surface area contributed by atoms with E-state index in [9.17, 15) is 8.78 Å². The molecule has 15 heteroatoms. The molecule has 11 rings (SSSR count). The number of nitrogen functional groups attached to an aromatic ring is 2. The fourth-order valence-corrected chi connectivity index (χ4v) is 8.39. The largest absolute Gasteiger partial charge is 0.396 e. The van der Waals surface area contributed by atoms with E-state index in [4.69, 9.17) is 33.7 Å². The van der Waals surface area contributed by atoms with Gasteiger partial charge in [0, 0.05) is 57.1 Å². The predicted molar refractivity (Wildman–Crippen MR) is 239 cm³/mol. The zero-order chi connectivity index (χ0) is 42.4. The number of nitrogens with two attached hydrogens (primary N) is 2. The Balaban J connectivity index is 0.000000141. The first-order chi connectivity index (χ1) is 29.6. The Morgan fingerprint density at radius 2 is 1.41 bits per heavy atom. The normalized spacial score (nSPS) is 15.4. The molecule has 0 amide bonds. The van der Waals surface area contributed by atoms with E-state index in [0.717, 1.165) is 65.5 Å². The van der Waals surface area contributed by atoms with Crippen LogP contribution in [0.2, 0.25) is 0 Å². The van der Waals surface area contributed by atoms with Crippen molar-refractivity contribution in [2.24, 2.45) is 11.8 Å². The number of nitrogens with one attached hydrogen (secondary N) is 2. The second-order valence-electron chi connectivity index (χ2n) is 15.5. The molecule has 2 aliphatic carbocycles. The first kappa shape index (κ1) is 39.6. The van der Waals surface area contributed by atoms with Crippen LogP contribution in [-0.2, 0) is 12.8 Å². The molecular formula is C46H41BrF2N12. The number of hydrogen-bond donors (Lipinski definition) is 4. The van der Waals surface area contributed by atoms with Gasteiger partial charge in [0.25, 0.3) is 5.78 Å². The minimum atomic E-state index is -0.540. The van der Waals surface area contributed by atoms with Gasteiger partial charge in [-0.25, -0.2) is 8.78 Å². The lowest BCUT2D eigenvalue weighted by Crippen LogP contribution is -2.31. The number of terminal acetylenes is 1. The van der Waals surface area contributed by atoms with Crippen LogP contribution in [0.5, 0.6) is 0 Å². The summed E-state index contributed by atoms with van der Waals surface area (Å²) in [5, 5.41) is 25.1. The summed E-state index contributed by atoms with van der Waals surface area (Å²) in [6, 6.07) is 18.0. The van der Waals surface area contributed by atoms with Crippen LogP contribution in [0.25, 0.3) is 27.6 Å². The monoisotopic (exact) mass is 878 g/mol. The SMILES string of the molecule is C#CC1CC1.N=Cn1c(=N)nc(N2CCCc3c(Br)cccc32)c2cc(F)c(N)cc21.Nc1cc2c(cc1F)c(N1CCCc3c(C#CC4CC4)cccc31)nc1nncn12. The topological polar surface area (TPSA) is 167 Å². The van der Waals surface area contributed by atoms with Gasteiger partial charge in [0.1, 0.15) is 29.6 Å². The highest BCUT2D eigenvalue weighted by molar-refractivity contribution is 9.10. The van der Waals surface area contributed by atoms with E-state index in [-0.39, 0.29) is 17.0 Å². The second kappa shape index (κ2) is 16.3. The lowest BCUT2D eigenvalue weighted by molar-refractivity contribution is 0.633. The third-order valence-electron chi connectivity index (χ3n) is 11.3. The standard InChI is InChI=1S/C23H19FN6.C18H16BrFN6.C5H6/c24-18-11-17-21(12-19(18)25)30-13-26-28-23(30)27-22(17)29-10-2-4-16-15(3-1-5-20(16)29)9-8-14-6-7-14;19-12-4-1-5-15-10(12)3-2-6-25(15)17-11-7-13(20)14(22)8-16(11)26(9-21)18(23)24-17;1-2-5-3-4-5/h1,3,5,11-14H,2,4,6-7,10,25H2;1,4-5,7-9,21,23H,2-3,6,22H2;1,5H,3-4H2. The maximum atomic E-state index is 14.4. The summed E-state index contributed by atoms with van der Waals surface area (Å²) >= 11 is 3.60. The highest BCUT2D eigenvalue weighted by atomic mass is 79.9. The van der Waals surface area contributed by atoms with Crippen molar-refractivity contribution in [3.8, 4) is 24.2 Å². The summed E-state index contributed by atoms with van der Waals surface area (Å²) in [6.07, 6.45) is 16.3. The summed E-state index contributed by atoms with van der Waals surface area (Å²) < 4.78 is 32.7. The molecule has 4 aliphatic rings. The number of nitrogens with zero attached hydrogens (tertiary/aromatic N) is 8. The van der Waals surface area contributed by atoms with E-state index >= 15 is 0 Å². The second-order valence-corrected chi connectivity index (χ2v) is 16.4. The van der Waals surface area contributed by atoms with Gasteiger partial charge in [-0.2, -0.15) is 9.97 Å². The molecule has 4 aromatic carbocycles. The molecule has 0 unspecified atom stereocenters. The van der Waals surface area contributed by atoms with Gasteiger partial charge in [-0.15, -0.1) is 22.5 Å². The molecule has 2 aliphatic heterocycles. The summed E-state index contributed by atoms with van der Waals surface area (Å²) in [7, 11) is 0. The van der Waals surface area contributed by atoms with Crippen LogP contribution in [0, 0.1) is 58.5 Å². The molecule has 12 nitrogen and oxygen atoms in total. The fraction of sp³-hybridized carbons (Fsp3) is 0.261. The Hall–Kier alpha value is -6.84. The quantitative estimate of drug-likeness (QED) is 0.0594. The molecule has 7 aromatic rings. The van der Waals surface area contributed by atoms with E-state index in [2.05, 4.69) is 65.9 Å². The summed E-state index contributed by atoms with van der Waals surface area (Å²) in [6.45, 7) is 1.50. The van der Waals surface area contributed by atoms with E-state index in [1.807, 2.05) is 29.2 Å². The van der Waals surface area contributed by atoms with E-state index < -0.39 is 11.6 Å². The van der Waals surface area contributed by atoms with Gasteiger partial charge in [-0.05, 0) is 111 Å². The van der Waals surface area contributed by atoms with Gasteiger partial charge < -0.3 is 21.3 Å². The van der Waals surface area contributed by atoms with E-state index in [0.29, 0.717) is 52.1 Å². The van der Waals surface area contributed by atoms with Crippen molar-refractivity contribution in [1.29, 1.82) is 10.8 Å². The van der Waals surface area contributed by atoms with Crippen LogP contribution in [0.4, 0.5) is 43.2 Å². The Morgan fingerprint density at radius 3 is 2.05 bits per heavy atom. The van der Waals surface area contributed by atoms with E-state index in [1.54, 1.807) is 16.8 Å². The van der Waals surface area contributed by atoms with Crippen LogP contribution < -0.4 is 26.9 Å². The van der Waals surface area contributed by atoms with Gasteiger partial charge in [-0.1, -0.05) is 39.9 Å². The Bertz CT molecular complexity index is 3060. The molecule has 3 aromatic heterocycles. The molecule has 306 valence electrons. The Kier molecular flexibility index (Phi) is 10.6. The molecule has 5 heterocycles. The van der Waals surface area contributed by atoms with Crippen LogP contribution >= 0.6 is 15.9 Å². The maximum Gasteiger partial charge on any atom is 0.257 e. The molecule has 0 atom stereocenters. The lowest BCUT2D eigenvalue weighted by Gasteiger charge is -2.32. The minimum absolute atomic E-state index is 0.0218. The molecule has 0 spiro atoms. The highest BCUT2D eigenvalue weighted by Gasteiger charge is 2.27. The van der Waals surface area contributed by atoms with Crippen molar-refractivity contribution in [2.75, 3.05) is 34.4 Å². The number of benzene rings is 4. The molecule has 6 N–H and O–H groups in total. The number of halogens is 3. The van der Waals surface area contributed by atoms with Gasteiger partial charge in [0.05, 0.1) is 28.7 Å². The Morgan fingerprint density at radius 1 is 0.803 bits per heavy atom. The van der Waals surface area contributed by atoms with Gasteiger partial charge >= 0.3 is 0 Å². The fourth-order valence-electron chi connectivity index (χ4n) is 7.83. The Labute approximate surface area is 358 Å². The van der Waals surface area contributed by atoms with E-state index in [1.165, 1.54) is 59.6 Å². The van der Waals surface area contributed by atoms with Gasteiger partial charge in [0.2, 0.25) is 5.62 Å². The van der Waals surface area contributed by atoms with Crippen molar-refractivity contribution in [3.63, 3.8) is 0 Å². The van der Waals surface area contributed by atoms with Gasteiger partial charge in [0.15, 0.2) is 0 Å². The summed E-state index contributed by atoms with van der Waals surface area (Å²) in [5.74, 6) is 11.2. The number of rotatable bonds is 3. The first-order valence-corrected chi connectivity index (χ1v) is 21.0. The van der Waals surface area contributed by atoms with Crippen LogP contribution in [0.15, 0.2) is 71.5 Å². The first-order valence-electron chi connectivity index (χ1n) is 20.2. The summed E-state index contributed by atoms with van der Waals surface area (Å²) in [5.41, 5.74) is 18.3. The van der Waals surface area contributed by atoms with Crippen molar-refractivity contribution in [2.45, 2.75) is 51.4 Å². The predicted octanol–water partition coefficient (Wildman–Crippen LogP) is 8.41. The van der Waals surface area contributed by atoms with Crippen molar-refractivity contribution in [3.05, 3.63) is 105 Å². The highest BCUT2D eigenvalue weighted by Crippen LogP contribution is 2.41. The number of aromatic nitrogens is 6. The minimum Gasteiger partial charge on any atom is -0.396 e. The summed E-state index contributed by atoms with van der Waals surface area (Å²) in [4.78, 5) is 13.3. The molecule has 61 heavy (non-hydrogen) atoms. The van der Waals surface area contributed by atoms with Crippen LogP contribution in [0.1, 0.15) is 55.2 Å². The lowest BCUT2D eigenvalue weighted by atomic mass is 9.96. The van der Waals surface area contributed by atoms with Crippen LogP contribution in [0.3, 0.4) is 0 Å². The average Bonchev–Trinajstić information content (AvgIpc) is 4.22. The number of hydrogen-bond acceptors (Lipinski definition) is 10. The van der Waals surface area contributed by atoms with Crippen LogP contribution in [-0.4, -0.2) is 48.6 Å². The molecule has 2 saturated carbocycles. The molecule has 0 saturated heterocycles. The molecular weight excluding hydrogens is 838 g/mol. The smallest absolute Gasteiger partial charge is 0.257 e. The molecule has 2 fully saturated rings. The molecule has 0 bridgehead atoms. The van der Waals surface area contributed by atoms with Crippen molar-refractivity contribution in [1.82, 2.24) is 29.1 Å². The zero-order valence-electron chi connectivity index (χ0n) is 33.1. The van der Waals surface area contributed by atoms with Crippen molar-refractivity contribution >= 4 is 84.2 Å². The third kappa shape index (κ3) is 7.73. The van der Waals surface area contributed by atoms with Crippen molar-refractivity contribution < 1.29 is 8.78 Å². The third-order valence-corrected chi connectivity index (χ3v) is 12.0. The van der Waals surface area contributed by atoms with Gasteiger partial charge in [-0.3, -0.25) is 19.8 Å². The average molecular weight is 880 g/mol. The zero-order valence-corrected chi connectivity index (χ0v) is 34.7. The number of anilines is 6. The molecule has 0 radical (unpaired) electrons.